The van der Waals surface area contributed by atoms with Crippen molar-refractivity contribution < 1.29 is 5.11 Å². The molecule has 0 bridgehead atoms. The van der Waals surface area contributed by atoms with Crippen LogP contribution in [0.4, 0.5) is 5.82 Å². The molecule has 1 N–H and O–H groups in total. The fourth-order valence-electron chi connectivity index (χ4n) is 1.55. The molecule has 1 rings (SSSR count). The first kappa shape index (κ1) is 12.7. The van der Waals surface area contributed by atoms with Crippen LogP contribution in [-0.4, -0.2) is 22.2 Å². The van der Waals surface area contributed by atoms with Crippen molar-refractivity contribution in [3.63, 3.8) is 0 Å². The zero-order valence-electron chi connectivity index (χ0n) is 10.3. The minimum Gasteiger partial charge on any atom is -0.392 e. The number of anilines is 1. The van der Waals surface area contributed by atoms with E-state index in [1.807, 2.05) is 18.2 Å². The molecule has 0 aliphatic heterocycles. The molecular weight excluding hydrogens is 200 g/mol. The molecule has 1 heterocycles. The molecule has 0 atom stereocenters. The van der Waals surface area contributed by atoms with Gasteiger partial charge in [0, 0.05) is 18.3 Å². The van der Waals surface area contributed by atoms with Gasteiger partial charge in [-0.2, -0.15) is 0 Å². The second-order valence-electron chi connectivity index (χ2n) is 4.75. The fraction of sp³-hybridized carbons (Fsp3) is 0.462. The summed E-state index contributed by atoms with van der Waals surface area (Å²) >= 11 is 0. The minimum absolute atomic E-state index is 0.0186. The second-order valence-corrected chi connectivity index (χ2v) is 4.75. The average molecular weight is 220 g/mol. The number of hydrogen-bond donors (Lipinski definition) is 1. The first-order valence-electron chi connectivity index (χ1n) is 5.43. The molecule has 3 heteroatoms. The molecule has 0 fully saturated rings. The zero-order chi connectivity index (χ0) is 12.2. The lowest BCUT2D eigenvalue weighted by atomic mass is 10.1. The van der Waals surface area contributed by atoms with E-state index in [1.54, 1.807) is 6.20 Å². The predicted octanol–water partition coefficient (Wildman–Crippen LogP) is 2.36. The third-order valence-corrected chi connectivity index (χ3v) is 2.39. The van der Waals surface area contributed by atoms with E-state index in [4.69, 9.17) is 5.11 Å². The summed E-state index contributed by atoms with van der Waals surface area (Å²) in [6, 6.07) is 3.73. The molecule has 16 heavy (non-hydrogen) atoms. The lowest BCUT2D eigenvalue weighted by molar-refractivity contribution is 0.281. The van der Waals surface area contributed by atoms with Gasteiger partial charge >= 0.3 is 0 Å². The number of nitrogens with zero attached hydrogens (tertiary/aromatic N) is 2. The lowest BCUT2D eigenvalue weighted by Gasteiger charge is -2.36. The van der Waals surface area contributed by atoms with Crippen LogP contribution in [-0.2, 0) is 6.61 Å². The number of hydrogen-bond acceptors (Lipinski definition) is 3. The van der Waals surface area contributed by atoms with Gasteiger partial charge in [0.25, 0.3) is 0 Å². The molecule has 1 aromatic heterocycles. The van der Waals surface area contributed by atoms with Crippen LogP contribution in [0.5, 0.6) is 0 Å². The Morgan fingerprint density at radius 3 is 2.69 bits per heavy atom. The summed E-state index contributed by atoms with van der Waals surface area (Å²) in [7, 11) is 0. The van der Waals surface area contributed by atoms with E-state index in [-0.39, 0.29) is 12.1 Å². The summed E-state index contributed by atoms with van der Waals surface area (Å²) in [6.45, 7) is 10.9. The molecule has 0 aromatic carbocycles. The SMILES string of the molecule is C=CCN(c1cc(CO)ccn1)C(C)(C)C. The van der Waals surface area contributed by atoms with Gasteiger partial charge in [-0.15, -0.1) is 6.58 Å². The van der Waals surface area contributed by atoms with Gasteiger partial charge in [-0.3, -0.25) is 0 Å². The summed E-state index contributed by atoms with van der Waals surface area (Å²) in [6.07, 6.45) is 3.58. The normalized spacial score (nSPS) is 11.2. The van der Waals surface area contributed by atoms with Gasteiger partial charge in [0.1, 0.15) is 5.82 Å². The van der Waals surface area contributed by atoms with Crippen molar-refractivity contribution in [3.05, 3.63) is 36.5 Å². The molecule has 1 aromatic rings. The van der Waals surface area contributed by atoms with Crippen molar-refractivity contribution >= 4 is 5.82 Å². The Kier molecular flexibility index (Phi) is 4.07. The fourth-order valence-corrected chi connectivity index (χ4v) is 1.55. The molecule has 0 spiro atoms. The van der Waals surface area contributed by atoms with E-state index in [9.17, 15) is 0 Å². The van der Waals surface area contributed by atoms with Crippen molar-refractivity contribution in [2.24, 2.45) is 0 Å². The van der Waals surface area contributed by atoms with Crippen LogP contribution < -0.4 is 4.90 Å². The summed E-state index contributed by atoms with van der Waals surface area (Å²) < 4.78 is 0. The first-order chi connectivity index (χ1) is 7.49. The Labute approximate surface area is 97.4 Å². The topological polar surface area (TPSA) is 36.4 Å². The van der Waals surface area contributed by atoms with Crippen molar-refractivity contribution in [2.45, 2.75) is 32.9 Å². The summed E-state index contributed by atoms with van der Waals surface area (Å²) in [5, 5.41) is 9.11. The molecule has 0 aliphatic rings. The maximum Gasteiger partial charge on any atom is 0.129 e. The van der Waals surface area contributed by atoms with E-state index in [0.717, 1.165) is 17.9 Å². The highest BCUT2D eigenvalue weighted by atomic mass is 16.3. The van der Waals surface area contributed by atoms with Crippen LogP contribution >= 0.6 is 0 Å². The van der Waals surface area contributed by atoms with Crippen LogP contribution in [0.2, 0.25) is 0 Å². The van der Waals surface area contributed by atoms with Gasteiger partial charge < -0.3 is 10.0 Å². The highest BCUT2D eigenvalue weighted by Gasteiger charge is 2.21. The molecule has 0 aliphatic carbocycles. The maximum absolute atomic E-state index is 9.11. The largest absolute Gasteiger partial charge is 0.392 e. The highest BCUT2D eigenvalue weighted by molar-refractivity contribution is 5.44. The summed E-state index contributed by atoms with van der Waals surface area (Å²) in [4.78, 5) is 6.49. The smallest absolute Gasteiger partial charge is 0.129 e. The van der Waals surface area contributed by atoms with Crippen molar-refractivity contribution in [1.29, 1.82) is 0 Å². The van der Waals surface area contributed by atoms with Gasteiger partial charge in [-0.05, 0) is 38.5 Å². The molecule has 0 radical (unpaired) electrons. The van der Waals surface area contributed by atoms with Crippen molar-refractivity contribution in [2.75, 3.05) is 11.4 Å². The van der Waals surface area contributed by atoms with Crippen LogP contribution in [0, 0.1) is 0 Å². The van der Waals surface area contributed by atoms with Crippen molar-refractivity contribution in [1.82, 2.24) is 4.98 Å². The Balaban J connectivity index is 3.05. The maximum atomic E-state index is 9.11. The zero-order valence-corrected chi connectivity index (χ0v) is 10.3. The number of aliphatic hydroxyl groups is 1. The summed E-state index contributed by atoms with van der Waals surface area (Å²) in [5.74, 6) is 0.874. The van der Waals surface area contributed by atoms with Gasteiger partial charge in [0.15, 0.2) is 0 Å². The predicted molar refractivity (Wildman–Crippen MR) is 67.5 cm³/mol. The molecule has 0 amide bonds. The van der Waals surface area contributed by atoms with E-state index in [0.29, 0.717) is 0 Å². The minimum atomic E-state index is -0.0186. The lowest BCUT2D eigenvalue weighted by Crippen LogP contribution is -2.42. The average Bonchev–Trinajstić information content (AvgIpc) is 2.24. The third-order valence-electron chi connectivity index (χ3n) is 2.39. The van der Waals surface area contributed by atoms with Crippen LogP contribution in [0.25, 0.3) is 0 Å². The molecular formula is C13H20N2O. The Morgan fingerprint density at radius 2 is 2.19 bits per heavy atom. The third kappa shape index (κ3) is 3.07. The standard InChI is InChI=1S/C13H20N2O/c1-5-8-15(13(2,3)4)12-9-11(10-16)6-7-14-12/h5-7,9,16H,1,8,10H2,2-4H3. The molecule has 88 valence electrons. The van der Waals surface area contributed by atoms with Gasteiger partial charge in [0.05, 0.1) is 6.61 Å². The second kappa shape index (κ2) is 5.12. The number of pyridine rings is 1. The van der Waals surface area contributed by atoms with E-state index in [1.165, 1.54) is 0 Å². The van der Waals surface area contributed by atoms with Crippen LogP contribution in [0.15, 0.2) is 31.0 Å². The van der Waals surface area contributed by atoms with Crippen molar-refractivity contribution in [3.8, 4) is 0 Å². The van der Waals surface area contributed by atoms with Gasteiger partial charge in [0.2, 0.25) is 0 Å². The van der Waals surface area contributed by atoms with E-state index < -0.39 is 0 Å². The Hall–Kier alpha value is -1.35. The molecule has 0 saturated heterocycles. The van der Waals surface area contributed by atoms with E-state index >= 15 is 0 Å². The first-order valence-corrected chi connectivity index (χ1v) is 5.43. The number of aromatic nitrogens is 1. The number of aliphatic hydroxyl groups excluding tert-OH is 1. The monoisotopic (exact) mass is 220 g/mol. The molecule has 3 nitrogen and oxygen atoms in total. The highest BCUT2D eigenvalue weighted by Crippen LogP contribution is 2.22. The Morgan fingerprint density at radius 1 is 1.50 bits per heavy atom. The number of rotatable bonds is 4. The van der Waals surface area contributed by atoms with Crippen LogP contribution in [0.3, 0.4) is 0 Å². The Bertz CT molecular complexity index is 355. The van der Waals surface area contributed by atoms with Crippen LogP contribution in [0.1, 0.15) is 26.3 Å². The van der Waals surface area contributed by atoms with Gasteiger partial charge in [-0.25, -0.2) is 4.98 Å². The van der Waals surface area contributed by atoms with E-state index in [2.05, 4.69) is 37.2 Å². The summed E-state index contributed by atoms with van der Waals surface area (Å²) in [5.41, 5.74) is 0.859. The van der Waals surface area contributed by atoms with Gasteiger partial charge in [-0.1, -0.05) is 6.08 Å². The molecule has 0 unspecified atom stereocenters. The quantitative estimate of drug-likeness (QED) is 0.791. The molecule has 0 saturated carbocycles.